The fourth-order valence-corrected chi connectivity index (χ4v) is 3.27. The molecular formula is C15H30N6. The van der Waals surface area contributed by atoms with Crippen LogP contribution in [0.2, 0.25) is 0 Å². The Kier molecular flexibility index (Phi) is 6.45. The Labute approximate surface area is 127 Å². The molecule has 0 amide bonds. The highest BCUT2D eigenvalue weighted by atomic mass is 15.4. The Morgan fingerprint density at radius 3 is 1.95 bits per heavy atom. The van der Waals surface area contributed by atoms with E-state index in [1.807, 2.05) is 6.92 Å². The monoisotopic (exact) mass is 294 g/mol. The van der Waals surface area contributed by atoms with Crippen molar-refractivity contribution in [2.45, 2.75) is 70.6 Å². The van der Waals surface area contributed by atoms with Crippen LogP contribution in [-0.4, -0.2) is 24.3 Å². The minimum atomic E-state index is -0.0513. The van der Waals surface area contributed by atoms with Crippen molar-refractivity contribution in [2.24, 2.45) is 33.5 Å². The number of nitrogens with two attached hydrogens (primary N) is 2. The molecule has 2 unspecified atom stereocenters. The second kappa shape index (κ2) is 8.34. The maximum absolute atomic E-state index is 6.09. The van der Waals surface area contributed by atoms with Gasteiger partial charge in [-0.3, -0.25) is 10.9 Å². The molecule has 0 saturated heterocycles. The SMILES string of the molecule is CC(/C=N\NC(N)C1CCCC1)=N/NC(N)C1CCCC1. The summed E-state index contributed by atoms with van der Waals surface area (Å²) in [5, 5.41) is 8.45. The van der Waals surface area contributed by atoms with Crippen LogP contribution in [0.4, 0.5) is 0 Å². The van der Waals surface area contributed by atoms with Crippen LogP contribution in [0.1, 0.15) is 58.3 Å². The molecule has 0 radical (unpaired) electrons. The van der Waals surface area contributed by atoms with E-state index in [0.29, 0.717) is 11.8 Å². The van der Waals surface area contributed by atoms with Crippen LogP contribution in [0, 0.1) is 11.8 Å². The van der Waals surface area contributed by atoms with Crippen molar-refractivity contribution in [3.63, 3.8) is 0 Å². The number of hydrogen-bond acceptors (Lipinski definition) is 6. The van der Waals surface area contributed by atoms with Crippen LogP contribution in [0.15, 0.2) is 10.2 Å². The van der Waals surface area contributed by atoms with Gasteiger partial charge in [0.2, 0.25) is 0 Å². The maximum atomic E-state index is 6.09. The molecule has 2 fully saturated rings. The van der Waals surface area contributed by atoms with Gasteiger partial charge in [-0.1, -0.05) is 25.7 Å². The zero-order chi connectivity index (χ0) is 15.1. The van der Waals surface area contributed by atoms with Crippen molar-refractivity contribution >= 4 is 11.9 Å². The lowest BCUT2D eigenvalue weighted by Crippen LogP contribution is -2.41. The van der Waals surface area contributed by atoms with E-state index in [0.717, 1.165) is 5.71 Å². The van der Waals surface area contributed by atoms with E-state index in [4.69, 9.17) is 11.5 Å². The summed E-state index contributed by atoms with van der Waals surface area (Å²) in [5.74, 6) is 1.10. The summed E-state index contributed by atoms with van der Waals surface area (Å²) in [5.41, 5.74) is 19.0. The molecule has 2 rings (SSSR count). The van der Waals surface area contributed by atoms with E-state index in [2.05, 4.69) is 21.1 Å². The zero-order valence-corrected chi connectivity index (χ0v) is 13.1. The van der Waals surface area contributed by atoms with Crippen molar-refractivity contribution in [2.75, 3.05) is 0 Å². The van der Waals surface area contributed by atoms with Crippen LogP contribution >= 0.6 is 0 Å². The highest BCUT2D eigenvalue weighted by molar-refractivity contribution is 6.29. The Bertz CT molecular complexity index is 355. The van der Waals surface area contributed by atoms with Gasteiger partial charge in [0.1, 0.15) is 0 Å². The zero-order valence-electron chi connectivity index (χ0n) is 13.1. The minimum absolute atomic E-state index is 0.0507. The summed E-state index contributed by atoms with van der Waals surface area (Å²) in [7, 11) is 0. The molecule has 2 aliphatic rings. The number of nitrogens with zero attached hydrogens (tertiary/aromatic N) is 2. The molecule has 0 bridgehead atoms. The second-order valence-corrected chi connectivity index (χ2v) is 6.41. The molecule has 21 heavy (non-hydrogen) atoms. The van der Waals surface area contributed by atoms with Gasteiger partial charge in [-0.15, -0.1) is 0 Å². The van der Waals surface area contributed by atoms with Crippen LogP contribution in [-0.2, 0) is 0 Å². The smallest absolute Gasteiger partial charge is 0.0937 e. The van der Waals surface area contributed by atoms with E-state index in [9.17, 15) is 0 Å². The molecule has 120 valence electrons. The van der Waals surface area contributed by atoms with Gasteiger partial charge in [0.15, 0.2) is 0 Å². The molecule has 0 aromatic heterocycles. The van der Waals surface area contributed by atoms with E-state index >= 15 is 0 Å². The van der Waals surface area contributed by atoms with Gasteiger partial charge in [-0.25, -0.2) is 0 Å². The van der Waals surface area contributed by atoms with Crippen molar-refractivity contribution in [1.29, 1.82) is 0 Å². The molecule has 0 spiro atoms. The molecule has 2 aliphatic carbocycles. The van der Waals surface area contributed by atoms with Gasteiger partial charge >= 0.3 is 0 Å². The molecule has 0 aliphatic heterocycles. The van der Waals surface area contributed by atoms with Crippen molar-refractivity contribution < 1.29 is 0 Å². The normalized spacial score (nSPS) is 24.6. The van der Waals surface area contributed by atoms with E-state index < -0.39 is 0 Å². The molecule has 6 heteroatoms. The summed E-state index contributed by atoms with van der Waals surface area (Å²) < 4.78 is 0. The summed E-state index contributed by atoms with van der Waals surface area (Å²) in [4.78, 5) is 0. The predicted octanol–water partition coefficient (Wildman–Crippen LogP) is 1.48. The maximum Gasteiger partial charge on any atom is 0.0937 e. The predicted molar refractivity (Wildman–Crippen MR) is 87.7 cm³/mol. The van der Waals surface area contributed by atoms with Crippen molar-refractivity contribution in [1.82, 2.24) is 10.9 Å². The lowest BCUT2D eigenvalue weighted by Gasteiger charge is -2.18. The molecule has 2 atom stereocenters. The van der Waals surface area contributed by atoms with Crippen LogP contribution in [0.25, 0.3) is 0 Å². The largest absolute Gasteiger partial charge is 0.310 e. The van der Waals surface area contributed by atoms with Gasteiger partial charge in [0.25, 0.3) is 0 Å². The third-order valence-electron chi connectivity index (χ3n) is 4.68. The first-order chi connectivity index (χ1) is 10.2. The molecule has 0 aromatic carbocycles. The first-order valence-corrected chi connectivity index (χ1v) is 8.26. The molecule has 0 aromatic rings. The summed E-state index contributed by atoms with van der Waals surface area (Å²) >= 11 is 0. The van der Waals surface area contributed by atoms with Gasteiger partial charge in [-0.2, -0.15) is 10.2 Å². The summed E-state index contributed by atoms with van der Waals surface area (Å²) in [6.07, 6.45) is 11.5. The highest BCUT2D eigenvalue weighted by Gasteiger charge is 2.22. The molecule has 0 heterocycles. The third-order valence-corrected chi connectivity index (χ3v) is 4.68. The second-order valence-electron chi connectivity index (χ2n) is 6.41. The molecule has 6 nitrogen and oxygen atoms in total. The number of nitrogens with one attached hydrogen (secondary N) is 2. The first kappa shape index (κ1) is 16.2. The Balaban J connectivity index is 1.68. The van der Waals surface area contributed by atoms with Crippen LogP contribution in [0.3, 0.4) is 0 Å². The van der Waals surface area contributed by atoms with Crippen molar-refractivity contribution in [3.8, 4) is 0 Å². The average Bonchev–Trinajstić information content (AvgIpc) is 3.16. The first-order valence-electron chi connectivity index (χ1n) is 8.26. The summed E-state index contributed by atoms with van der Waals surface area (Å²) in [6, 6.07) is 0. The van der Waals surface area contributed by atoms with Gasteiger partial charge in [-0.05, 0) is 44.4 Å². The lowest BCUT2D eigenvalue weighted by molar-refractivity contribution is 0.374. The fraction of sp³-hybridized carbons (Fsp3) is 0.867. The number of hydrazone groups is 2. The van der Waals surface area contributed by atoms with E-state index in [1.165, 1.54) is 51.4 Å². The lowest BCUT2D eigenvalue weighted by atomic mass is 10.1. The van der Waals surface area contributed by atoms with E-state index in [1.54, 1.807) is 6.21 Å². The van der Waals surface area contributed by atoms with Crippen LogP contribution < -0.4 is 22.3 Å². The highest BCUT2D eigenvalue weighted by Crippen LogP contribution is 2.26. The number of hydrogen-bond donors (Lipinski definition) is 4. The molecule has 2 saturated carbocycles. The van der Waals surface area contributed by atoms with E-state index in [-0.39, 0.29) is 12.3 Å². The van der Waals surface area contributed by atoms with Crippen molar-refractivity contribution in [3.05, 3.63) is 0 Å². The van der Waals surface area contributed by atoms with Gasteiger partial charge in [0, 0.05) is 0 Å². The van der Waals surface area contributed by atoms with Crippen LogP contribution in [0.5, 0.6) is 0 Å². The Hall–Kier alpha value is -1.14. The minimum Gasteiger partial charge on any atom is -0.310 e. The number of rotatable bonds is 7. The standard InChI is InChI=1S/C15H30N6/c1-11(19-21-15(17)13-8-4-5-9-13)10-18-20-14(16)12-6-2-3-7-12/h10,12-15,20-21H,2-9,16-17H2,1H3/b18-10-,19-11-. The third kappa shape index (κ3) is 5.28. The van der Waals surface area contributed by atoms with Gasteiger partial charge in [0.05, 0.1) is 24.3 Å². The fourth-order valence-electron chi connectivity index (χ4n) is 3.27. The van der Waals surface area contributed by atoms with Gasteiger partial charge < -0.3 is 11.5 Å². The quantitative estimate of drug-likeness (QED) is 0.324. The Morgan fingerprint density at radius 2 is 1.43 bits per heavy atom. The molecular weight excluding hydrogens is 264 g/mol. The Morgan fingerprint density at radius 1 is 0.952 bits per heavy atom. The summed E-state index contributed by atoms with van der Waals surface area (Å²) in [6.45, 7) is 1.90. The topological polar surface area (TPSA) is 101 Å². The average molecular weight is 294 g/mol. The molecule has 6 N–H and O–H groups in total.